The van der Waals surface area contributed by atoms with Crippen LogP contribution in [0.5, 0.6) is 5.75 Å². The zero-order valence-electron chi connectivity index (χ0n) is 10.4. The molecule has 18 heavy (non-hydrogen) atoms. The average Bonchev–Trinajstić information content (AvgIpc) is 2.45. The maximum Gasteiger partial charge on any atom is 0.119 e. The number of hydrogen-bond donors (Lipinski definition) is 1. The summed E-state index contributed by atoms with van der Waals surface area (Å²) >= 11 is 0. The van der Waals surface area contributed by atoms with Crippen molar-refractivity contribution in [1.29, 1.82) is 0 Å². The molecule has 0 spiro atoms. The third kappa shape index (κ3) is 3.87. The van der Waals surface area contributed by atoms with Crippen LogP contribution >= 0.6 is 0 Å². The van der Waals surface area contributed by atoms with Gasteiger partial charge in [0.15, 0.2) is 0 Å². The van der Waals surface area contributed by atoms with Crippen molar-refractivity contribution in [3.8, 4) is 5.75 Å². The molecule has 2 rings (SSSR count). The average molecular weight is 243 g/mol. The van der Waals surface area contributed by atoms with Crippen molar-refractivity contribution < 1.29 is 9.57 Å². The summed E-state index contributed by atoms with van der Waals surface area (Å²) in [6.45, 7) is 1.22. The number of hydroxylamine groups is 1. The maximum absolute atomic E-state index is 5.41. The molecule has 0 aromatic heterocycles. The van der Waals surface area contributed by atoms with E-state index >= 15 is 0 Å². The van der Waals surface area contributed by atoms with Crippen LogP contribution < -0.4 is 10.2 Å². The van der Waals surface area contributed by atoms with Crippen molar-refractivity contribution in [3.05, 3.63) is 65.7 Å². The second-order valence-electron chi connectivity index (χ2n) is 3.95. The van der Waals surface area contributed by atoms with Crippen LogP contribution in [0.1, 0.15) is 11.1 Å². The highest BCUT2D eigenvalue weighted by atomic mass is 16.6. The van der Waals surface area contributed by atoms with Gasteiger partial charge in [0.05, 0.1) is 13.7 Å². The van der Waals surface area contributed by atoms with E-state index in [9.17, 15) is 0 Å². The molecule has 2 aromatic rings. The van der Waals surface area contributed by atoms with Gasteiger partial charge in [-0.2, -0.15) is 5.48 Å². The van der Waals surface area contributed by atoms with Crippen molar-refractivity contribution in [3.63, 3.8) is 0 Å². The molecule has 0 aliphatic heterocycles. The van der Waals surface area contributed by atoms with Crippen LogP contribution in [-0.2, 0) is 18.0 Å². The van der Waals surface area contributed by atoms with Gasteiger partial charge in [0.1, 0.15) is 5.75 Å². The first-order chi connectivity index (χ1) is 8.88. The first kappa shape index (κ1) is 12.6. The number of nitrogens with one attached hydrogen (secondary N) is 1. The van der Waals surface area contributed by atoms with Gasteiger partial charge in [0.2, 0.25) is 0 Å². The summed E-state index contributed by atoms with van der Waals surface area (Å²) in [4.78, 5) is 5.41. The Kier molecular flexibility index (Phi) is 4.76. The second kappa shape index (κ2) is 6.79. The highest BCUT2D eigenvalue weighted by Gasteiger charge is 1.96. The summed E-state index contributed by atoms with van der Waals surface area (Å²) < 4.78 is 5.16. The fourth-order valence-corrected chi connectivity index (χ4v) is 1.63. The molecule has 0 aliphatic carbocycles. The lowest BCUT2D eigenvalue weighted by Crippen LogP contribution is -2.13. The Morgan fingerprint density at radius 3 is 2.50 bits per heavy atom. The van der Waals surface area contributed by atoms with E-state index in [4.69, 9.17) is 9.57 Å². The van der Waals surface area contributed by atoms with Gasteiger partial charge in [-0.15, -0.1) is 0 Å². The lowest BCUT2D eigenvalue weighted by molar-refractivity contribution is 0.0235. The van der Waals surface area contributed by atoms with Gasteiger partial charge in [-0.3, -0.25) is 4.84 Å². The van der Waals surface area contributed by atoms with Crippen LogP contribution in [0, 0.1) is 0 Å². The maximum atomic E-state index is 5.41. The first-order valence-electron chi connectivity index (χ1n) is 5.90. The molecule has 3 nitrogen and oxygen atoms in total. The molecule has 0 saturated carbocycles. The minimum atomic E-state index is 0.560. The van der Waals surface area contributed by atoms with Crippen LogP contribution in [0.15, 0.2) is 54.6 Å². The largest absolute Gasteiger partial charge is 0.497 e. The van der Waals surface area contributed by atoms with Crippen LogP contribution in [0.25, 0.3) is 0 Å². The number of hydrogen-bond acceptors (Lipinski definition) is 3. The summed E-state index contributed by atoms with van der Waals surface area (Å²) in [7, 11) is 1.67. The van der Waals surface area contributed by atoms with Gasteiger partial charge in [-0.1, -0.05) is 42.5 Å². The van der Waals surface area contributed by atoms with Crippen LogP contribution in [0.3, 0.4) is 0 Å². The Labute approximate surface area is 107 Å². The quantitative estimate of drug-likeness (QED) is 0.625. The summed E-state index contributed by atoms with van der Waals surface area (Å²) in [6, 6.07) is 18.0. The number of benzene rings is 2. The molecule has 0 fully saturated rings. The Balaban J connectivity index is 1.75. The summed E-state index contributed by atoms with van der Waals surface area (Å²) in [5.74, 6) is 0.859. The fraction of sp³-hybridized carbons (Fsp3) is 0.200. The van der Waals surface area contributed by atoms with Crippen molar-refractivity contribution in [1.82, 2.24) is 5.48 Å². The standard InChI is InChI=1S/C15H17NO2/c1-17-15-9-5-8-14(10-15)11-16-18-12-13-6-3-2-4-7-13/h2-10,16H,11-12H2,1H3. The third-order valence-corrected chi connectivity index (χ3v) is 2.59. The van der Waals surface area contributed by atoms with E-state index in [-0.39, 0.29) is 0 Å². The molecule has 3 heteroatoms. The molecule has 0 atom stereocenters. The van der Waals surface area contributed by atoms with Gasteiger partial charge >= 0.3 is 0 Å². The number of ether oxygens (including phenoxy) is 1. The first-order valence-corrected chi connectivity index (χ1v) is 5.90. The van der Waals surface area contributed by atoms with Gasteiger partial charge in [-0.25, -0.2) is 0 Å². The monoisotopic (exact) mass is 243 g/mol. The van der Waals surface area contributed by atoms with Crippen molar-refractivity contribution in [2.45, 2.75) is 13.2 Å². The number of methoxy groups -OCH3 is 1. The van der Waals surface area contributed by atoms with E-state index in [1.165, 1.54) is 0 Å². The molecule has 0 saturated heterocycles. The normalized spacial score (nSPS) is 10.3. The van der Waals surface area contributed by atoms with Gasteiger partial charge in [0.25, 0.3) is 0 Å². The van der Waals surface area contributed by atoms with E-state index in [1.807, 2.05) is 54.6 Å². The molecule has 2 aromatic carbocycles. The van der Waals surface area contributed by atoms with Gasteiger partial charge < -0.3 is 4.74 Å². The third-order valence-electron chi connectivity index (χ3n) is 2.59. The van der Waals surface area contributed by atoms with Crippen LogP contribution in [0.4, 0.5) is 0 Å². The minimum absolute atomic E-state index is 0.560. The Hall–Kier alpha value is -1.84. The molecule has 0 amide bonds. The van der Waals surface area contributed by atoms with E-state index < -0.39 is 0 Å². The zero-order valence-corrected chi connectivity index (χ0v) is 10.4. The van der Waals surface area contributed by atoms with E-state index in [0.717, 1.165) is 16.9 Å². The molecule has 0 bridgehead atoms. The zero-order chi connectivity index (χ0) is 12.6. The molecule has 0 heterocycles. The van der Waals surface area contributed by atoms with Crippen LogP contribution in [-0.4, -0.2) is 7.11 Å². The predicted molar refractivity (Wildman–Crippen MR) is 71.1 cm³/mol. The van der Waals surface area contributed by atoms with Crippen molar-refractivity contribution in [2.75, 3.05) is 7.11 Å². The lowest BCUT2D eigenvalue weighted by Gasteiger charge is -2.07. The summed E-state index contributed by atoms with van der Waals surface area (Å²) in [5, 5.41) is 0. The van der Waals surface area contributed by atoms with E-state index in [2.05, 4.69) is 5.48 Å². The minimum Gasteiger partial charge on any atom is -0.497 e. The Morgan fingerprint density at radius 2 is 1.72 bits per heavy atom. The van der Waals surface area contributed by atoms with E-state index in [1.54, 1.807) is 7.11 Å². The predicted octanol–water partition coefficient (Wildman–Crippen LogP) is 2.92. The smallest absolute Gasteiger partial charge is 0.119 e. The summed E-state index contributed by atoms with van der Waals surface area (Å²) in [5.41, 5.74) is 5.22. The molecule has 1 N–H and O–H groups in total. The lowest BCUT2D eigenvalue weighted by atomic mass is 10.2. The van der Waals surface area contributed by atoms with Crippen LogP contribution in [0.2, 0.25) is 0 Å². The molecule has 0 aliphatic rings. The Bertz CT molecular complexity index is 471. The molecule has 0 unspecified atom stereocenters. The highest BCUT2D eigenvalue weighted by Crippen LogP contribution is 2.12. The Morgan fingerprint density at radius 1 is 0.944 bits per heavy atom. The van der Waals surface area contributed by atoms with Crippen molar-refractivity contribution >= 4 is 0 Å². The second-order valence-corrected chi connectivity index (χ2v) is 3.95. The van der Waals surface area contributed by atoms with Crippen molar-refractivity contribution in [2.24, 2.45) is 0 Å². The van der Waals surface area contributed by atoms with Gasteiger partial charge in [-0.05, 0) is 23.3 Å². The van der Waals surface area contributed by atoms with E-state index in [0.29, 0.717) is 13.2 Å². The highest BCUT2D eigenvalue weighted by molar-refractivity contribution is 5.28. The molecule has 94 valence electrons. The van der Waals surface area contributed by atoms with Gasteiger partial charge in [0, 0.05) is 6.54 Å². The summed E-state index contributed by atoms with van der Waals surface area (Å²) in [6.07, 6.45) is 0. The molecule has 0 radical (unpaired) electrons. The topological polar surface area (TPSA) is 30.5 Å². The number of rotatable bonds is 6. The SMILES string of the molecule is COc1cccc(CNOCc2ccccc2)c1. The fourth-order valence-electron chi connectivity index (χ4n) is 1.63. The molecular weight excluding hydrogens is 226 g/mol. The molecular formula is C15H17NO2.